The molecule has 2 aliphatic carbocycles. The summed E-state index contributed by atoms with van der Waals surface area (Å²) in [6.07, 6.45) is 21.2. The summed E-state index contributed by atoms with van der Waals surface area (Å²) in [5.74, 6) is 0.822. The second-order valence-electron chi connectivity index (χ2n) is 4.24. The van der Waals surface area contributed by atoms with Crippen molar-refractivity contribution in [3.8, 4) is 0 Å². The summed E-state index contributed by atoms with van der Waals surface area (Å²) < 4.78 is 0. The molecule has 0 nitrogen and oxygen atoms in total. The van der Waals surface area contributed by atoms with Gasteiger partial charge in [-0.15, -0.1) is 12.8 Å². The molecule has 0 unspecified atom stereocenters. The quantitative estimate of drug-likeness (QED) is 0.549. The van der Waals surface area contributed by atoms with Gasteiger partial charge in [0.2, 0.25) is 0 Å². The van der Waals surface area contributed by atoms with Crippen LogP contribution < -0.4 is 9.41 Å². The van der Waals surface area contributed by atoms with Gasteiger partial charge in [-0.3, -0.25) is 12.2 Å². The average Bonchev–Trinajstić information content (AvgIpc) is 2.91. The number of allylic oxidation sites excluding steroid dienone is 8. The second-order valence-corrected chi connectivity index (χ2v) is 4.24. The van der Waals surface area contributed by atoms with Crippen LogP contribution in [0.5, 0.6) is 0 Å². The summed E-state index contributed by atoms with van der Waals surface area (Å²) in [5.41, 5.74) is 1.41. The van der Waals surface area contributed by atoms with Crippen LogP contribution in [0.4, 0.5) is 0 Å². The molecule has 2 rings (SSSR count). The Hall–Kier alpha value is -0.297. The van der Waals surface area contributed by atoms with Crippen LogP contribution in [0.15, 0.2) is 36.0 Å². The van der Waals surface area contributed by atoms with E-state index in [1.165, 1.54) is 18.4 Å². The Morgan fingerprint density at radius 3 is 2.22 bits per heavy atom. The van der Waals surface area contributed by atoms with Gasteiger partial charge in [0, 0.05) is 0 Å². The minimum Gasteiger partial charge on any atom is -1.00 e. The number of hydrogen-bond acceptors (Lipinski definition) is 0. The van der Waals surface area contributed by atoms with Gasteiger partial charge in [-0.1, -0.05) is 20.3 Å². The third-order valence-electron chi connectivity index (χ3n) is 2.34. The Morgan fingerprint density at radius 2 is 1.89 bits per heavy atom. The third-order valence-corrected chi connectivity index (χ3v) is 2.34. The van der Waals surface area contributed by atoms with Gasteiger partial charge >= 0.3 is 26.2 Å². The van der Waals surface area contributed by atoms with Crippen LogP contribution in [0.25, 0.3) is 0 Å². The molecule has 0 N–H and O–H groups in total. The van der Waals surface area contributed by atoms with Crippen LogP contribution in [0, 0.1) is 18.1 Å². The van der Waals surface area contributed by atoms with Crippen molar-refractivity contribution in [1.82, 2.24) is 0 Å². The molecule has 0 fully saturated rings. The third kappa shape index (κ3) is 12.2. The Morgan fingerprint density at radius 1 is 1.17 bits per heavy atom. The summed E-state index contributed by atoms with van der Waals surface area (Å²) in [4.78, 5) is 0. The molecule has 0 radical (unpaired) electrons. The smallest absolute Gasteiger partial charge is 1.00 e. The molecular formula is C15H20F2Zr. The van der Waals surface area contributed by atoms with E-state index in [0.29, 0.717) is 0 Å². The van der Waals surface area contributed by atoms with Crippen LogP contribution in [0.2, 0.25) is 0 Å². The fraction of sp³-hybridized carbons (Fsp3) is 0.467. The van der Waals surface area contributed by atoms with Crippen LogP contribution in [0.1, 0.15) is 39.5 Å². The second kappa shape index (κ2) is 14.8. The first-order valence-corrected chi connectivity index (χ1v) is 5.77. The van der Waals surface area contributed by atoms with Crippen molar-refractivity contribution in [2.24, 2.45) is 5.92 Å². The fourth-order valence-corrected chi connectivity index (χ4v) is 1.41. The Labute approximate surface area is 129 Å². The van der Waals surface area contributed by atoms with Crippen LogP contribution in [0.3, 0.4) is 0 Å². The topological polar surface area (TPSA) is 0 Å². The molecule has 18 heavy (non-hydrogen) atoms. The minimum absolute atomic E-state index is 0. The van der Waals surface area contributed by atoms with Crippen LogP contribution in [-0.2, 0) is 26.2 Å². The van der Waals surface area contributed by atoms with Gasteiger partial charge in [0.15, 0.2) is 0 Å². The maximum absolute atomic E-state index is 3.32. The maximum atomic E-state index is 3.32. The van der Waals surface area contributed by atoms with Crippen molar-refractivity contribution in [1.29, 1.82) is 0 Å². The number of halogens is 2. The summed E-state index contributed by atoms with van der Waals surface area (Å²) in [5, 5.41) is 0. The Balaban J connectivity index is -0.000000245. The predicted octanol–water partition coefficient (Wildman–Crippen LogP) is -1.58. The average molecular weight is 330 g/mol. The molecule has 0 aromatic heterocycles. The predicted molar refractivity (Wildman–Crippen MR) is 66.2 cm³/mol. The first-order valence-electron chi connectivity index (χ1n) is 5.77. The summed E-state index contributed by atoms with van der Waals surface area (Å²) in [6.45, 7) is 4.53. The van der Waals surface area contributed by atoms with Gasteiger partial charge in [0.25, 0.3) is 0 Å². The van der Waals surface area contributed by atoms with E-state index in [1.807, 2.05) is 12.2 Å². The van der Waals surface area contributed by atoms with E-state index in [4.69, 9.17) is 0 Å². The van der Waals surface area contributed by atoms with E-state index >= 15 is 0 Å². The number of rotatable bonds is 3. The molecule has 0 aromatic carbocycles. The number of hydrogen-bond donors (Lipinski definition) is 0. The molecule has 0 spiro atoms. The molecule has 98 valence electrons. The molecule has 0 saturated heterocycles. The van der Waals surface area contributed by atoms with Gasteiger partial charge in [-0.2, -0.15) is 12.2 Å². The fourth-order valence-electron chi connectivity index (χ4n) is 1.41. The molecule has 0 aliphatic heterocycles. The zero-order valence-corrected chi connectivity index (χ0v) is 13.5. The maximum Gasteiger partial charge on any atom is 4.00 e. The summed E-state index contributed by atoms with van der Waals surface area (Å²) in [7, 11) is 0. The Bertz CT molecular complexity index is 279. The van der Waals surface area contributed by atoms with Gasteiger partial charge in [-0.25, -0.2) is 23.8 Å². The molecule has 0 heterocycles. The van der Waals surface area contributed by atoms with Crippen molar-refractivity contribution in [3.05, 3.63) is 48.1 Å². The zero-order valence-electron chi connectivity index (χ0n) is 11.0. The standard InChI is InChI=1S/C10H15.C5H5.2FH.Zr/c1-9(2)7-8-10-5-3-4-6-10;1-2-4-5-3-1;;;/h3,5,9H,4,7-8H2,1-2H3;1-3H,4H2;2*1H;/q2*-1;;;+4/p-2. The van der Waals surface area contributed by atoms with Gasteiger partial charge in [0.05, 0.1) is 0 Å². The van der Waals surface area contributed by atoms with E-state index < -0.39 is 0 Å². The first kappa shape index (κ1) is 22.8. The molecule has 0 amide bonds. The van der Waals surface area contributed by atoms with E-state index in [2.05, 4.69) is 44.2 Å². The SMILES string of the molecule is CC(C)CCC1=[C-]CC=C1.[C-]1=CC=CC1.[F-].[F-].[Zr+4]. The zero-order chi connectivity index (χ0) is 10.9. The van der Waals surface area contributed by atoms with Crippen molar-refractivity contribution >= 4 is 0 Å². The molecule has 3 heteroatoms. The monoisotopic (exact) mass is 328 g/mol. The normalized spacial score (nSPS) is 14.1. The molecular weight excluding hydrogens is 309 g/mol. The van der Waals surface area contributed by atoms with Crippen molar-refractivity contribution in [2.45, 2.75) is 39.5 Å². The summed E-state index contributed by atoms with van der Waals surface area (Å²) >= 11 is 0. The first-order chi connectivity index (χ1) is 7.29. The minimum atomic E-state index is 0. The Kier molecular flexibility index (Phi) is 18.7. The van der Waals surface area contributed by atoms with Gasteiger partial charge < -0.3 is 9.41 Å². The van der Waals surface area contributed by atoms with Crippen LogP contribution in [-0.4, -0.2) is 0 Å². The largest absolute Gasteiger partial charge is 4.00 e. The van der Waals surface area contributed by atoms with Gasteiger partial charge in [-0.05, 0) is 12.3 Å². The van der Waals surface area contributed by atoms with Crippen molar-refractivity contribution in [3.63, 3.8) is 0 Å². The van der Waals surface area contributed by atoms with E-state index in [1.54, 1.807) is 0 Å². The van der Waals surface area contributed by atoms with E-state index in [-0.39, 0.29) is 35.6 Å². The molecule has 0 saturated carbocycles. The molecule has 0 atom stereocenters. The molecule has 0 aromatic rings. The van der Waals surface area contributed by atoms with Crippen LogP contribution >= 0.6 is 0 Å². The van der Waals surface area contributed by atoms with Crippen molar-refractivity contribution < 1.29 is 35.6 Å². The summed E-state index contributed by atoms with van der Waals surface area (Å²) in [6, 6.07) is 0. The van der Waals surface area contributed by atoms with Gasteiger partial charge in [0.1, 0.15) is 0 Å². The van der Waals surface area contributed by atoms with E-state index in [0.717, 1.165) is 18.8 Å². The van der Waals surface area contributed by atoms with Crippen molar-refractivity contribution in [2.75, 3.05) is 0 Å². The molecule has 2 aliphatic rings. The molecule has 0 bridgehead atoms. The van der Waals surface area contributed by atoms with E-state index in [9.17, 15) is 0 Å².